The monoisotopic (exact) mass is 497 g/mol. The van der Waals surface area contributed by atoms with Crippen LogP contribution in [0, 0.1) is 6.92 Å². The molecular formula is C19H20BrN3O4S2. The quantitative estimate of drug-likeness (QED) is 0.511. The van der Waals surface area contributed by atoms with Crippen LogP contribution in [0.5, 0.6) is 0 Å². The van der Waals surface area contributed by atoms with E-state index in [1.807, 2.05) is 25.1 Å². The number of thioether (sulfide) groups is 1. The third kappa shape index (κ3) is 4.82. The zero-order valence-electron chi connectivity index (χ0n) is 16.3. The molecule has 7 nitrogen and oxygen atoms in total. The summed E-state index contributed by atoms with van der Waals surface area (Å²) in [5.41, 5.74) is 2.65. The molecule has 29 heavy (non-hydrogen) atoms. The van der Waals surface area contributed by atoms with Crippen molar-refractivity contribution >= 4 is 60.4 Å². The molecule has 0 spiro atoms. The summed E-state index contributed by atoms with van der Waals surface area (Å²) in [6.07, 6.45) is 0. The van der Waals surface area contributed by atoms with E-state index in [9.17, 15) is 13.2 Å². The van der Waals surface area contributed by atoms with E-state index in [1.165, 1.54) is 26.2 Å². The van der Waals surface area contributed by atoms with Crippen molar-refractivity contribution in [2.45, 2.75) is 29.2 Å². The third-order valence-electron chi connectivity index (χ3n) is 4.15. The third-order valence-corrected chi connectivity index (χ3v) is 7.56. The number of benzene rings is 2. The van der Waals surface area contributed by atoms with Gasteiger partial charge in [-0.15, -0.1) is 0 Å². The van der Waals surface area contributed by atoms with Crippen LogP contribution in [-0.2, 0) is 14.8 Å². The normalized spacial score (nSPS) is 13.0. The number of nitrogens with one attached hydrogen (secondary N) is 1. The zero-order valence-corrected chi connectivity index (χ0v) is 19.5. The number of carbonyl (C=O) groups is 1. The summed E-state index contributed by atoms with van der Waals surface area (Å²) in [4.78, 5) is 17.0. The maximum atomic E-state index is 12.5. The Kier molecular flexibility index (Phi) is 6.37. The summed E-state index contributed by atoms with van der Waals surface area (Å²) in [6.45, 7) is 3.72. The SMILES string of the molecule is Cc1ccc(NC(=O)C(C)Sc2nc3cc(S(=O)(=O)N(C)C)ccc3o2)c(Br)c1. The van der Waals surface area contributed by atoms with E-state index in [0.717, 1.165) is 26.1 Å². The van der Waals surface area contributed by atoms with Crippen molar-refractivity contribution in [2.75, 3.05) is 19.4 Å². The van der Waals surface area contributed by atoms with Crippen LogP contribution < -0.4 is 5.32 Å². The molecule has 1 atom stereocenters. The Bertz CT molecular complexity index is 1180. The Hall–Kier alpha value is -1.88. The Balaban J connectivity index is 1.76. The Labute approximate surface area is 182 Å². The van der Waals surface area contributed by atoms with Crippen LogP contribution in [0.2, 0.25) is 0 Å². The molecular weight excluding hydrogens is 478 g/mol. The molecule has 0 aliphatic carbocycles. The van der Waals surface area contributed by atoms with E-state index in [0.29, 0.717) is 22.0 Å². The van der Waals surface area contributed by atoms with Gasteiger partial charge in [-0.3, -0.25) is 4.79 Å². The topological polar surface area (TPSA) is 92.5 Å². The van der Waals surface area contributed by atoms with Gasteiger partial charge in [0, 0.05) is 18.6 Å². The number of nitrogens with zero attached hydrogens (tertiary/aromatic N) is 2. The number of oxazole rings is 1. The van der Waals surface area contributed by atoms with Gasteiger partial charge < -0.3 is 9.73 Å². The van der Waals surface area contributed by atoms with Crippen molar-refractivity contribution in [3.8, 4) is 0 Å². The fraction of sp³-hybridized carbons (Fsp3) is 0.263. The number of rotatable bonds is 6. The first-order valence-electron chi connectivity index (χ1n) is 8.64. The lowest BCUT2D eigenvalue weighted by atomic mass is 10.2. The molecule has 0 aliphatic rings. The second kappa shape index (κ2) is 8.47. The molecule has 1 unspecified atom stereocenters. The van der Waals surface area contributed by atoms with Crippen molar-refractivity contribution in [2.24, 2.45) is 0 Å². The van der Waals surface area contributed by atoms with Crippen molar-refractivity contribution in [3.63, 3.8) is 0 Å². The van der Waals surface area contributed by atoms with E-state index >= 15 is 0 Å². The lowest BCUT2D eigenvalue weighted by Gasteiger charge is -2.11. The van der Waals surface area contributed by atoms with Crippen molar-refractivity contribution in [1.29, 1.82) is 0 Å². The molecule has 0 saturated carbocycles. The van der Waals surface area contributed by atoms with Gasteiger partial charge in [-0.1, -0.05) is 17.8 Å². The van der Waals surface area contributed by atoms with Gasteiger partial charge in [0.15, 0.2) is 5.58 Å². The fourth-order valence-electron chi connectivity index (χ4n) is 2.47. The molecule has 0 aliphatic heterocycles. The molecule has 0 fully saturated rings. The summed E-state index contributed by atoms with van der Waals surface area (Å²) in [5, 5.41) is 2.70. The number of hydrogen-bond donors (Lipinski definition) is 1. The predicted molar refractivity (Wildman–Crippen MR) is 118 cm³/mol. The van der Waals surface area contributed by atoms with Crippen molar-refractivity contribution in [3.05, 3.63) is 46.4 Å². The van der Waals surface area contributed by atoms with E-state index in [4.69, 9.17) is 4.42 Å². The summed E-state index contributed by atoms with van der Waals surface area (Å²) in [7, 11) is -0.624. The summed E-state index contributed by atoms with van der Waals surface area (Å²) < 4.78 is 32.2. The molecule has 154 valence electrons. The van der Waals surface area contributed by atoms with Crippen LogP contribution in [0.3, 0.4) is 0 Å². The molecule has 0 radical (unpaired) electrons. The predicted octanol–water partition coefficient (Wildman–Crippen LogP) is 4.27. The first-order valence-corrected chi connectivity index (χ1v) is 11.8. The number of fused-ring (bicyclic) bond motifs is 1. The number of carbonyl (C=O) groups excluding carboxylic acids is 1. The molecule has 3 aromatic rings. The summed E-state index contributed by atoms with van der Waals surface area (Å²) in [5.74, 6) is -0.197. The minimum atomic E-state index is -3.56. The van der Waals surface area contributed by atoms with Crippen LogP contribution in [0.15, 0.2) is 55.4 Å². The second-order valence-corrected chi connectivity index (χ2v) is 10.9. The molecule has 0 bridgehead atoms. The summed E-state index contributed by atoms with van der Waals surface area (Å²) >= 11 is 4.60. The van der Waals surface area contributed by atoms with Gasteiger partial charge in [0.2, 0.25) is 15.9 Å². The number of aromatic nitrogens is 1. The largest absolute Gasteiger partial charge is 0.431 e. The highest BCUT2D eigenvalue weighted by Gasteiger charge is 2.21. The van der Waals surface area contributed by atoms with Crippen LogP contribution in [0.25, 0.3) is 11.1 Å². The highest BCUT2D eigenvalue weighted by atomic mass is 79.9. The maximum Gasteiger partial charge on any atom is 0.257 e. The van der Waals surface area contributed by atoms with E-state index < -0.39 is 15.3 Å². The average molecular weight is 498 g/mol. The molecule has 2 aromatic carbocycles. The van der Waals surface area contributed by atoms with Gasteiger partial charge in [-0.2, -0.15) is 0 Å². The zero-order chi connectivity index (χ0) is 21.3. The number of sulfonamides is 1. The Morgan fingerprint density at radius 2 is 1.97 bits per heavy atom. The fourth-order valence-corrected chi connectivity index (χ4v) is 4.74. The highest BCUT2D eigenvalue weighted by Crippen LogP contribution is 2.30. The van der Waals surface area contributed by atoms with E-state index in [-0.39, 0.29) is 10.8 Å². The minimum absolute atomic E-state index is 0.134. The number of aryl methyl sites for hydroxylation is 1. The number of anilines is 1. The average Bonchev–Trinajstić information content (AvgIpc) is 3.05. The lowest BCUT2D eigenvalue weighted by molar-refractivity contribution is -0.115. The Morgan fingerprint density at radius 1 is 1.24 bits per heavy atom. The van der Waals surface area contributed by atoms with Crippen LogP contribution >= 0.6 is 27.7 Å². The molecule has 1 N–H and O–H groups in total. The van der Waals surface area contributed by atoms with Gasteiger partial charge in [0.25, 0.3) is 5.22 Å². The maximum absolute atomic E-state index is 12.5. The van der Waals surface area contributed by atoms with Crippen molar-refractivity contribution in [1.82, 2.24) is 9.29 Å². The van der Waals surface area contributed by atoms with Gasteiger partial charge in [-0.25, -0.2) is 17.7 Å². The van der Waals surface area contributed by atoms with Crippen LogP contribution in [0.4, 0.5) is 5.69 Å². The van der Waals surface area contributed by atoms with Crippen molar-refractivity contribution < 1.29 is 17.6 Å². The van der Waals surface area contributed by atoms with E-state index in [2.05, 4.69) is 26.2 Å². The molecule has 1 heterocycles. The molecule has 0 saturated heterocycles. The second-order valence-electron chi connectivity index (χ2n) is 6.63. The van der Waals surface area contributed by atoms with Crippen LogP contribution in [0.1, 0.15) is 12.5 Å². The van der Waals surface area contributed by atoms with Gasteiger partial charge in [-0.05, 0) is 65.7 Å². The highest BCUT2D eigenvalue weighted by molar-refractivity contribution is 9.10. The first-order chi connectivity index (χ1) is 13.6. The molecule has 1 amide bonds. The molecule has 1 aromatic heterocycles. The van der Waals surface area contributed by atoms with Gasteiger partial charge >= 0.3 is 0 Å². The summed E-state index contributed by atoms with van der Waals surface area (Å²) in [6, 6.07) is 10.2. The van der Waals surface area contributed by atoms with Gasteiger partial charge in [0.1, 0.15) is 5.52 Å². The smallest absolute Gasteiger partial charge is 0.257 e. The molecule has 10 heteroatoms. The number of amides is 1. The minimum Gasteiger partial charge on any atom is -0.431 e. The van der Waals surface area contributed by atoms with E-state index in [1.54, 1.807) is 13.0 Å². The Morgan fingerprint density at radius 3 is 2.62 bits per heavy atom. The number of halogens is 1. The van der Waals surface area contributed by atoms with Crippen LogP contribution in [-0.4, -0.2) is 43.0 Å². The standard InChI is InChI=1S/C19H20BrN3O4S2/c1-11-5-7-15(14(20)9-11)21-18(24)12(2)28-19-22-16-10-13(6-8-17(16)27-19)29(25,26)23(3)4/h5-10,12H,1-4H3,(H,21,24). The first kappa shape index (κ1) is 21.8. The lowest BCUT2D eigenvalue weighted by Crippen LogP contribution is -2.22. The molecule has 3 rings (SSSR count). The van der Waals surface area contributed by atoms with Gasteiger partial charge in [0.05, 0.1) is 15.8 Å². The number of hydrogen-bond acceptors (Lipinski definition) is 6.